The second kappa shape index (κ2) is 6.00. The molecule has 1 aromatic heterocycles. The first kappa shape index (κ1) is 14.4. The van der Waals surface area contributed by atoms with Crippen LogP contribution < -0.4 is 10.2 Å². The van der Waals surface area contributed by atoms with Crippen molar-refractivity contribution in [1.82, 2.24) is 4.98 Å². The first-order valence-corrected chi connectivity index (χ1v) is 6.57. The van der Waals surface area contributed by atoms with Crippen LogP contribution in [0.5, 0.6) is 0 Å². The number of rotatable bonds is 3. The lowest BCUT2D eigenvalue weighted by Gasteiger charge is -2.16. The first-order chi connectivity index (χ1) is 9.52. The molecule has 0 spiro atoms. The molecule has 1 aromatic carbocycles. The third kappa shape index (κ3) is 2.96. The van der Waals surface area contributed by atoms with E-state index in [1.165, 1.54) is 0 Å². The fraction of sp³-hybridized carbons (Fsp3) is 0.143. The highest BCUT2D eigenvalue weighted by molar-refractivity contribution is 6.36. The third-order valence-corrected chi connectivity index (χ3v) is 3.25. The first-order valence-electron chi connectivity index (χ1n) is 5.81. The molecule has 0 aliphatic heterocycles. The quantitative estimate of drug-likeness (QED) is 0.928. The van der Waals surface area contributed by atoms with Crippen LogP contribution >= 0.6 is 23.2 Å². The third-order valence-electron chi connectivity index (χ3n) is 2.71. The molecule has 0 unspecified atom stereocenters. The molecule has 2 aromatic rings. The van der Waals surface area contributed by atoms with Crippen LogP contribution in [0.4, 0.5) is 17.2 Å². The van der Waals surface area contributed by atoms with E-state index >= 15 is 0 Å². The lowest BCUT2D eigenvalue weighted by atomic mass is 10.2. The maximum atomic E-state index is 9.33. The Morgan fingerprint density at radius 3 is 2.60 bits per heavy atom. The predicted molar refractivity (Wildman–Crippen MR) is 83.0 cm³/mol. The van der Waals surface area contributed by atoms with Crippen molar-refractivity contribution < 1.29 is 0 Å². The summed E-state index contributed by atoms with van der Waals surface area (Å²) in [4.78, 5) is 6.06. The molecular weight excluding hydrogens is 295 g/mol. The zero-order chi connectivity index (χ0) is 14.7. The van der Waals surface area contributed by atoms with Crippen LogP contribution in [-0.4, -0.2) is 19.1 Å². The molecule has 0 radical (unpaired) electrons. The minimum atomic E-state index is 0.461. The number of hydrogen-bond donors (Lipinski definition) is 1. The highest BCUT2D eigenvalue weighted by atomic mass is 35.5. The van der Waals surface area contributed by atoms with Gasteiger partial charge in [-0.1, -0.05) is 23.2 Å². The highest BCUT2D eigenvalue weighted by Gasteiger charge is 2.12. The van der Waals surface area contributed by atoms with E-state index in [4.69, 9.17) is 23.2 Å². The van der Waals surface area contributed by atoms with Gasteiger partial charge in [-0.2, -0.15) is 5.26 Å². The normalized spacial score (nSPS) is 9.95. The summed E-state index contributed by atoms with van der Waals surface area (Å²) >= 11 is 12.0. The molecule has 0 bridgehead atoms. The monoisotopic (exact) mass is 306 g/mol. The van der Waals surface area contributed by atoms with Gasteiger partial charge >= 0.3 is 0 Å². The van der Waals surface area contributed by atoms with Crippen molar-refractivity contribution in [2.24, 2.45) is 0 Å². The topological polar surface area (TPSA) is 52.0 Å². The van der Waals surface area contributed by atoms with Gasteiger partial charge in [-0.25, -0.2) is 4.98 Å². The summed E-state index contributed by atoms with van der Waals surface area (Å²) in [7, 11) is 3.74. The smallest absolute Gasteiger partial charge is 0.150 e. The van der Waals surface area contributed by atoms with Crippen molar-refractivity contribution in [3.63, 3.8) is 0 Å². The van der Waals surface area contributed by atoms with Crippen LogP contribution in [0.15, 0.2) is 30.5 Å². The molecule has 20 heavy (non-hydrogen) atoms. The van der Waals surface area contributed by atoms with Crippen LogP contribution in [-0.2, 0) is 0 Å². The largest absolute Gasteiger partial charge is 0.376 e. The number of nitrogens with zero attached hydrogens (tertiary/aromatic N) is 3. The molecule has 0 aliphatic rings. The standard InChI is InChI=1S/C14H12Cl2N4/c1-20(2)13-5-6-18-14(10(13)8-17)19-12-4-3-9(15)7-11(12)16/h3-7H,1-2H3,(H,18,19). The fourth-order valence-corrected chi connectivity index (χ4v) is 2.20. The highest BCUT2D eigenvalue weighted by Crippen LogP contribution is 2.31. The zero-order valence-electron chi connectivity index (χ0n) is 11.0. The second-order valence-corrected chi connectivity index (χ2v) is 5.15. The Labute approximate surface area is 127 Å². The average molecular weight is 307 g/mol. The summed E-state index contributed by atoms with van der Waals surface area (Å²) in [6, 6.07) is 9.04. The number of benzene rings is 1. The number of halogens is 2. The van der Waals surface area contributed by atoms with E-state index in [-0.39, 0.29) is 0 Å². The van der Waals surface area contributed by atoms with Crippen molar-refractivity contribution in [3.8, 4) is 6.07 Å². The van der Waals surface area contributed by atoms with Gasteiger partial charge < -0.3 is 10.2 Å². The van der Waals surface area contributed by atoms with E-state index in [2.05, 4.69) is 16.4 Å². The molecule has 0 saturated carbocycles. The molecule has 2 rings (SSSR count). The van der Waals surface area contributed by atoms with Crippen LogP contribution in [0, 0.1) is 11.3 Å². The van der Waals surface area contributed by atoms with Gasteiger partial charge in [0.15, 0.2) is 0 Å². The van der Waals surface area contributed by atoms with Gasteiger partial charge in [-0.15, -0.1) is 0 Å². The molecular formula is C14H12Cl2N4. The Morgan fingerprint density at radius 2 is 2.00 bits per heavy atom. The summed E-state index contributed by atoms with van der Waals surface area (Å²) in [6.45, 7) is 0. The summed E-state index contributed by atoms with van der Waals surface area (Å²) in [5.41, 5.74) is 1.90. The van der Waals surface area contributed by atoms with Crippen LogP contribution in [0.1, 0.15) is 5.56 Å². The number of nitriles is 1. The van der Waals surface area contributed by atoms with E-state index in [0.29, 0.717) is 27.1 Å². The number of nitrogens with one attached hydrogen (secondary N) is 1. The molecule has 0 fully saturated rings. The molecule has 1 N–H and O–H groups in total. The van der Waals surface area contributed by atoms with Gasteiger partial charge in [0.1, 0.15) is 17.5 Å². The van der Waals surface area contributed by atoms with Crippen LogP contribution in [0.25, 0.3) is 0 Å². The van der Waals surface area contributed by atoms with Gasteiger partial charge in [0, 0.05) is 25.3 Å². The Bertz CT molecular complexity index is 677. The Balaban J connectivity index is 2.44. The van der Waals surface area contributed by atoms with E-state index in [9.17, 15) is 5.26 Å². The Hall–Kier alpha value is -1.96. The lowest BCUT2D eigenvalue weighted by Crippen LogP contribution is -2.12. The van der Waals surface area contributed by atoms with E-state index in [0.717, 1.165) is 5.69 Å². The van der Waals surface area contributed by atoms with E-state index in [1.807, 2.05) is 19.0 Å². The Morgan fingerprint density at radius 1 is 1.25 bits per heavy atom. The van der Waals surface area contributed by atoms with Gasteiger partial charge in [-0.3, -0.25) is 0 Å². The molecule has 6 heteroatoms. The second-order valence-electron chi connectivity index (χ2n) is 4.31. The zero-order valence-corrected chi connectivity index (χ0v) is 12.5. The molecule has 0 saturated heterocycles. The summed E-state index contributed by atoms with van der Waals surface area (Å²) < 4.78 is 0. The van der Waals surface area contributed by atoms with Crippen molar-refractivity contribution >= 4 is 40.4 Å². The van der Waals surface area contributed by atoms with Gasteiger partial charge in [0.2, 0.25) is 0 Å². The number of pyridine rings is 1. The summed E-state index contributed by atoms with van der Waals surface area (Å²) in [6.07, 6.45) is 1.64. The number of hydrogen-bond acceptors (Lipinski definition) is 4. The summed E-state index contributed by atoms with van der Waals surface area (Å²) in [5, 5.41) is 13.4. The molecule has 4 nitrogen and oxygen atoms in total. The van der Waals surface area contributed by atoms with Gasteiger partial charge in [0.25, 0.3) is 0 Å². The number of anilines is 3. The summed E-state index contributed by atoms with van der Waals surface area (Å²) in [5.74, 6) is 0.461. The van der Waals surface area contributed by atoms with Crippen molar-refractivity contribution in [2.45, 2.75) is 0 Å². The maximum absolute atomic E-state index is 9.33. The number of aromatic nitrogens is 1. The minimum Gasteiger partial charge on any atom is -0.376 e. The molecule has 0 aliphatic carbocycles. The molecule has 0 atom stereocenters. The fourth-order valence-electron chi connectivity index (χ4n) is 1.75. The molecule has 1 heterocycles. The van der Waals surface area contributed by atoms with Crippen LogP contribution in [0.2, 0.25) is 10.0 Å². The Kier molecular flexibility index (Phi) is 4.33. The minimum absolute atomic E-state index is 0.461. The van der Waals surface area contributed by atoms with Crippen molar-refractivity contribution in [1.29, 1.82) is 5.26 Å². The van der Waals surface area contributed by atoms with Crippen molar-refractivity contribution in [2.75, 3.05) is 24.3 Å². The van der Waals surface area contributed by atoms with Gasteiger partial charge in [0.05, 0.1) is 16.4 Å². The lowest BCUT2D eigenvalue weighted by molar-refractivity contribution is 1.11. The van der Waals surface area contributed by atoms with Crippen molar-refractivity contribution in [3.05, 3.63) is 46.1 Å². The molecule has 0 amide bonds. The SMILES string of the molecule is CN(C)c1ccnc(Nc2ccc(Cl)cc2Cl)c1C#N. The van der Waals surface area contributed by atoms with E-state index in [1.54, 1.807) is 30.5 Å². The average Bonchev–Trinajstić information content (AvgIpc) is 2.41. The maximum Gasteiger partial charge on any atom is 0.150 e. The van der Waals surface area contributed by atoms with Crippen LogP contribution in [0.3, 0.4) is 0 Å². The molecule has 102 valence electrons. The predicted octanol–water partition coefficient (Wildman–Crippen LogP) is 4.07. The van der Waals surface area contributed by atoms with E-state index < -0.39 is 0 Å². The van der Waals surface area contributed by atoms with Gasteiger partial charge in [-0.05, 0) is 24.3 Å².